The van der Waals surface area contributed by atoms with E-state index in [4.69, 9.17) is 5.11 Å². The minimum absolute atomic E-state index is 0.0729. The van der Waals surface area contributed by atoms with Gasteiger partial charge in [-0.15, -0.1) is 0 Å². The van der Waals surface area contributed by atoms with Gasteiger partial charge in [0.2, 0.25) is 10.0 Å². The van der Waals surface area contributed by atoms with Gasteiger partial charge in [0.15, 0.2) is 0 Å². The fraction of sp³-hybridized carbons (Fsp3) is 0.769. The average molecular weight is 301 g/mol. The standard InChI is InChI=1S/C13H23N3O3S/c1-11-4-6-16(9-12(11)2)20(18,19)13-8-14-15(10-13)5-3-7-17/h8,10-12,17H,3-7,9H2,1-2H3. The van der Waals surface area contributed by atoms with Crippen LogP contribution < -0.4 is 0 Å². The van der Waals surface area contributed by atoms with Gasteiger partial charge >= 0.3 is 0 Å². The first-order chi connectivity index (χ1) is 9.45. The summed E-state index contributed by atoms with van der Waals surface area (Å²) >= 11 is 0. The summed E-state index contributed by atoms with van der Waals surface area (Å²) in [5, 5.41) is 12.8. The highest BCUT2D eigenvalue weighted by atomic mass is 32.2. The molecule has 20 heavy (non-hydrogen) atoms. The Kier molecular flexibility index (Phi) is 4.82. The van der Waals surface area contributed by atoms with Crippen molar-refractivity contribution < 1.29 is 13.5 Å². The second-order valence-electron chi connectivity index (χ2n) is 5.62. The van der Waals surface area contributed by atoms with Crippen molar-refractivity contribution in [2.45, 2.75) is 38.1 Å². The van der Waals surface area contributed by atoms with Gasteiger partial charge < -0.3 is 5.11 Å². The number of sulfonamides is 1. The van der Waals surface area contributed by atoms with Gasteiger partial charge in [0.05, 0.1) is 6.20 Å². The first-order valence-electron chi connectivity index (χ1n) is 7.08. The molecule has 1 aliphatic rings. The van der Waals surface area contributed by atoms with Crippen molar-refractivity contribution in [1.29, 1.82) is 0 Å². The van der Waals surface area contributed by atoms with E-state index in [0.29, 0.717) is 37.9 Å². The van der Waals surface area contributed by atoms with Crippen LogP contribution in [0.15, 0.2) is 17.3 Å². The molecule has 0 radical (unpaired) electrons. The predicted molar refractivity (Wildman–Crippen MR) is 75.6 cm³/mol. The Hall–Kier alpha value is -0.920. The van der Waals surface area contributed by atoms with Crippen molar-refractivity contribution in [3.63, 3.8) is 0 Å². The van der Waals surface area contributed by atoms with Gasteiger partial charge in [-0.25, -0.2) is 8.42 Å². The van der Waals surface area contributed by atoms with E-state index in [1.54, 1.807) is 15.2 Å². The highest BCUT2D eigenvalue weighted by Gasteiger charge is 2.32. The minimum Gasteiger partial charge on any atom is -0.396 e. The summed E-state index contributed by atoms with van der Waals surface area (Å²) in [6.07, 6.45) is 4.42. The number of hydrogen-bond donors (Lipinski definition) is 1. The number of nitrogens with zero attached hydrogens (tertiary/aromatic N) is 3. The van der Waals surface area contributed by atoms with Gasteiger partial charge in [-0.2, -0.15) is 9.40 Å². The van der Waals surface area contributed by atoms with Crippen molar-refractivity contribution in [3.05, 3.63) is 12.4 Å². The van der Waals surface area contributed by atoms with Crippen LogP contribution in [0.25, 0.3) is 0 Å². The lowest BCUT2D eigenvalue weighted by atomic mass is 9.90. The number of aliphatic hydroxyl groups is 1. The Labute approximate surface area is 120 Å². The lowest BCUT2D eigenvalue weighted by Gasteiger charge is -2.34. The second kappa shape index (κ2) is 6.24. The van der Waals surface area contributed by atoms with Gasteiger partial charge in [-0.1, -0.05) is 13.8 Å². The molecule has 6 nitrogen and oxygen atoms in total. The zero-order valence-corrected chi connectivity index (χ0v) is 12.9. The number of piperidine rings is 1. The largest absolute Gasteiger partial charge is 0.396 e. The zero-order valence-electron chi connectivity index (χ0n) is 12.1. The summed E-state index contributed by atoms with van der Waals surface area (Å²) in [6, 6.07) is 0. The maximum Gasteiger partial charge on any atom is 0.246 e. The molecule has 1 N–H and O–H groups in total. The highest BCUT2D eigenvalue weighted by molar-refractivity contribution is 7.89. The molecule has 1 saturated heterocycles. The third-order valence-corrected chi connectivity index (χ3v) is 5.91. The molecule has 7 heteroatoms. The molecule has 2 heterocycles. The molecule has 0 bridgehead atoms. The summed E-state index contributed by atoms with van der Waals surface area (Å²) in [5.41, 5.74) is 0. The third-order valence-electron chi connectivity index (χ3n) is 4.09. The number of hydrogen-bond acceptors (Lipinski definition) is 4. The summed E-state index contributed by atoms with van der Waals surface area (Å²) in [6.45, 7) is 6.02. The van der Waals surface area contributed by atoms with Gasteiger partial charge in [-0.3, -0.25) is 4.68 Å². The monoisotopic (exact) mass is 301 g/mol. The molecule has 0 aromatic carbocycles. The Balaban J connectivity index is 2.12. The molecule has 2 rings (SSSR count). The zero-order chi connectivity index (χ0) is 14.8. The van der Waals surface area contributed by atoms with Gasteiger partial charge in [0, 0.05) is 32.4 Å². The molecule has 1 fully saturated rings. The molecule has 2 atom stereocenters. The normalized spacial score (nSPS) is 24.9. The fourth-order valence-electron chi connectivity index (χ4n) is 2.42. The predicted octanol–water partition coefficient (Wildman–Crippen LogP) is 0.932. The SMILES string of the molecule is CC1CCN(S(=O)(=O)c2cnn(CCCO)c2)CC1C. The molecule has 0 saturated carbocycles. The van der Waals surface area contributed by atoms with E-state index < -0.39 is 10.0 Å². The van der Waals surface area contributed by atoms with E-state index in [-0.39, 0.29) is 11.5 Å². The molecule has 0 spiro atoms. The fourth-order valence-corrected chi connectivity index (χ4v) is 3.94. The van der Waals surface area contributed by atoms with E-state index in [2.05, 4.69) is 18.9 Å². The van der Waals surface area contributed by atoms with Crippen LogP contribution in [-0.2, 0) is 16.6 Å². The van der Waals surface area contributed by atoms with Crippen LogP contribution in [-0.4, -0.2) is 47.3 Å². The Morgan fingerprint density at radius 3 is 2.80 bits per heavy atom. The van der Waals surface area contributed by atoms with Crippen LogP contribution in [0.3, 0.4) is 0 Å². The van der Waals surface area contributed by atoms with E-state index in [1.165, 1.54) is 6.20 Å². The summed E-state index contributed by atoms with van der Waals surface area (Å²) < 4.78 is 28.2. The second-order valence-corrected chi connectivity index (χ2v) is 7.56. The van der Waals surface area contributed by atoms with Crippen molar-refractivity contribution in [1.82, 2.24) is 14.1 Å². The van der Waals surface area contributed by atoms with Gasteiger partial charge in [0.1, 0.15) is 4.90 Å². The van der Waals surface area contributed by atoms with Crippen molar-refractivity contribution >= 4 is 10.0 Å². The van der Waals surface area contributed by atoms with Crippen LogP contribution in [0.4, 0.5) is 0 Å². The molecule has 2 unspecified atom stereocenters. The molecular formula is C13H23N3O3S. The number of rotatable bonds is 5. The van der Waals surface area contributed by atoms with Crippen molar-refractivity contribution in [2.75, 3.05) is 19.7 Å². The summed E-state index contributed by atoms with van der Waals surface area (Å²) in [4.78, 5) is 0.247. The smallest absolute Gasteiger partial charge is 0.246 e. The van der Waals surface area contributed by atoms with E-state index in [9.17, 15) is 8.42 Å². The van der Waals surface area contributed by atoms with E-state index in [0.717, 1.165) is 6.42 Å². The molecule has 1 aromatic heterocycles. The first-order valence-corrected chi connectivity index (χ1v) is 8.52. The van der Waals surface area contributed by atoms with Crippen LogP contribution in [0.5, 0.6) is 0 Å². The van der Waals surface area contributed by atoms with Crippen LogP contribution in [0.1, 0.15) is 26.7 Å². The molecule has 114 valence electrons. The highest BCUT2D eigenvalue weighted by Crippen LogP contribution is 2.27. The molecule has 1 aliphatic heterocycles. The molecule has 0 amide bonds. The van der Waals surface area contributed by atoms with Crippen molar-refractivity contribution in [3.8, 4) is 0 Å². The third kappa shape index (κ3) is 3.21. The van der Waals surface area contributed by atoms with E-state index in [1.807, 2.05) is 0 Å². The lowest BCUT2D eigenvalue weighted by molar-refractivity contribution is 0.212. The maximum atomic E-state index is 12.5. The van der Waals surface area contributed by atoms with E-state index >= 15 is 0 Å². The van der Waals surface area contributed by atoms with Crippen molar-refractivity contribution in [2.24, 2.45) is 11.8 Å². The van der Waals surface area contributed by atoms with Crippen LogP contribution >= 0.6 is 0 Å². The lowest BCUT2D eigenvalue weighted by Crippen LogP contribution is -2.42. The Bertz CT molecular complexity index is 541. The number of aromatic nitrogens is 2. The maximum absolute atomic E-state index is 12.5. The average Bonchev–Trinajstić information content (AvgIpc) is 2.89. The molecular weight excluding hydrogens is 278 g/mol. The van der Waals surface area contributed by atoms with Gasteiger partial charge in [0.25, 0.3) is 0 Å². The minimum atomic E-state index is -3.44. The Morgan fingerprint density at radius 1 is 1.40 bits per heavy atom. The van der Waals surface area contributed by atoms with Crippen LogP contribution in [0.2, 0.25) is 0 Å². The topological polar surface area (TPSA) is 75.4 Å². The first kappa shape index (κ1) is 15.5. The van der Waals surface area contributed by atoms with Crippen LogP contribution in [0, 0.1) is 11.8 Å². The Morgan fingerprint density at radius 2 is 2.15 bits per heavy atom. The number of aryl methyl sites for hydroxylation is 1. The summed E-state index contributed by atoms with van der Waals surface area (Å²) in [7, 11) is -3.44. The molecule has 1 aromatic rings. The summed E-state index contributed by atoms with van der Waals surface area (Å²) in [5.74, 6) is 0.941. The van der Waals surface area contributed by atoms with Gasteiger partial charge in [-0.05, 0) is 24.7 Å². The number of aliphatic hydroxyl groups excluding tert-OH is 1. The molecule has 0 aliphatic carbocycles. The quantitative estimate of drug-likeness (QED) is 0.878.